The molecule has 0 radical (unpaired) electrons. The molecule has 0 fully saturated rings. The van der Waals surface area contributed by atoms with Crippen molar-refractivity contribution >= 4 is 46.4 Å². The van der Waals surface area contributed by atoms with Gasteiger partial charge in [0.1, 0.15) is 5.75 Å². The van der Waals surface area contributed by atoms with Crippen LogP contribution in [0.2, 0.25) is 10.0 Å². The molecule has 0 bridgehead atoms. The SMILES string of the molecule is O=C(CCOc1ccc(Cl)c(Cl)c1)Nc1cccc(NC(=O)c2ccco2)c1. The summed E-state index contributed by atoms with van der Waals surface area (Å²) in [6.45, 7) is 0.179. The van der Waals surface area contributed by atoms with Gasteiger partial charge in [0.05, 0.1) is 29.3 Å². The first kappa shape index (κ1) is 19.8. The van der Waals surface area contributed by atoms with Gasteiger partial charge in [-0.05, 0) is 42.5 Å². The zero-order valence-corrected chi connectivity index (χ0v) is 16.1. The first-order valence-corrected chi connectivity index (χ1v) is 9.09. The molecule has 1 heterocycles. The minimum absolute atomic E-state index is 0.142. The Kier molecular flexibility index (Phi) is 6.57. The highest BCUT2D eigenvalue weighted by Gasteiger charge is 2.10. The quantitative estimate of drug-likeness (QED) is 0.549. The van der Waals surface area contributed by atoms with Crippen LogP contribution in [-0.4, -0.2) is 18.4 Å². The first-order chi connectivity index (χ1) is 13.5. The van der Waals surface area contributed by atoms with Crippen molar-refractivity contribution in [2.45, 2.75) is 6.42 Å². The van der Waals surface area contributed by atoms with E-state index in [0.717, 1.165) is 0 Å². The fraction of sp³-hybridized carbons (Fsp3) is 0.100. The fourth-order valence-electron chi connectivity index (χ4n) is 2.33. The number of hydrogen-bond acceptors (Lipinski definition) is 4. The van der Waals surface area contributed by atoms with E-state index in [1.54, 1.807) is 54.6 Å². The molecule has 2 amide bonds. The second-order valence-electron chi connectivity index (χ2n) is 5.73. The summed E-state index contributed by atoms with van der Waals surface area (Å²) < 4.78 is 10.5. The Hall–Kier alpha value is -2.96. The van der Waals surface area contributed by atoms with Crippen molar-refractivity contribution in [3.63, 3.8) is 0 Å². The van der Waals surface area contributed by atoms with Crippen molar-refractivity contribution < 1.29 is 18.7 Å². The van der Waals surface area contributed by atoms with E-state index in [1.165, 1.54) is 6.26 Å². The van der Waals surface area contributed by atoms with Gasteiger partial charge in [0.2, 0.25) is 5.91 Å². The molecule has 0 unspecified atom stereocenters. The first-order valence-electron chi connectivity index (χ1n) is 8.34. The van der Waals surface area contributed by atoms with Crippen molar-refractivity contribution in [1.82, 2.24) is 0 Å². The van der Waals surface area contributed by atoms with E-state index >= 15 is 0 Å². The lowest BCUT2D eigenvalue weighted by Crippen LogP contribution is -2.16. The highest BCUT2D eigenvalue weighted by molar-refractivity contribution is 6.42. The zero-order valence-electron chi connectivity index (χ0n) is 14.6. The van der Waals surface area contributed by atoms with E-state index in [4.69, 9.17) is 32.4 Å². The molecule has 28 heavy (non-hydrogen) atoms. The van der Waals surface area contributed by atoms with E-state index in [0.29, 0.717) is 27.2 Å². The maximum absolute atomic E-state index is 12.1. The molecule has 0 atom stereocenters. The zero-order chi connectivity index (χ0) is 19.9. The maximum atomic E-state index is 12.1. The van der Waals surface area contributed by atoms with Gasteiger partial charge in [0.15, 0.2) is 5.76 Å². The summed E-state index contributed by atoms with van der Waals surface area (Å²) in [6, 6.07) is 14.9. The lowest BCUT2D eigenvalue weighted by Gasteiger charge is -2.09. The number of carbonyl (C=O) groups excluding carboxylic acids is 2. The van der Waals surface area contributed by atoms with Gasteiger partial charge in [0.25, 0.3) is 5.91 Å². The number of rotatable bonds is 7. The second-order valence-corrected chi connectivity index (χ2v) is 6.55. The molecule has 3 rings (SSSR count). The predicted octanol–water partition coefficient (Wildman–Crippen LogP) is 5.25. The topological polar surface area (TPSA) is 80.6 Å². The van der Waals surface area contributed by atoms with Crippen molar-refractivity contribution in [2.24, 2.45) is 0 Å². The molecular weight excluding hydrogens is 403 g/mol. The Bertz CT molecular complexity index is 974. The number of benzene rings is 2. The molecule has 2 aromatic carbocycles. The van der Waals surface area contributed by atoms with Crippen LogP contribution in [-0.2, 0) is 4.79 Å². The smallest absolute Gasteiger partial charge is 0.291 e. The largest absolute Gasteiger partial charge is 0.493 e. The molecule has 8 heteroatoms. The molecule has 0 spiro atoms. The van der Waals surface area contributed by atoms with E-state index in [1.807, 2.05) is 0 Å². The summed E-state index contributed by atoms with van der Waals surface area (Å²) in [4.78, 5) is 24.1. The number of nitrogens with one attached hydrogen (secondary N) is 2. The van der Waals surface area contributed by atoms with Gasteiger partial charge in [-0.1, -0.05) is 29.3 Å². The normalized spacial score (nSPS) is 10.4. The van der Waals surface area contributed by atoms with Crippen LogP contribution >= 0.6 is 23.2 Å². The van der Waals surface area contributed by atoms with Gasteiger partial charge in [-0.2, -0.15) is 0 Å². The summed E-state index contributed by atoms with van der Waals surface area (Å²) in [6.07, 6.45) is 1.56. The molecule has 144 valence electrons. The Balaban J connectivity index is 1.49. The second kappa shape index (κ2) is 9.30. The van der Waals surface area contributed by atoms with E-state index in [9.17, 15) is 9.59 Å². The van der Waals surface area contributed by atoms with Gasteiger partial charge < -0.3 is 19.8 Å². The van der Waals surface area contributed by atoms with Gasteiger partial charge in [-0.25, -0.2) is 0 Å². The molecule has 0 aliphatic carbocycles. The molecule has 2 N–H and O–H groups in total. The number of halogens is 2. The average Bonchev–Trinajstić information content (AvgIpc) is 3.20. The molecular formula is C20H16Cl2N2O4. The number of furan rings is 1. The molecule has 1 aromatic heterocycles. The maximum Gasteiger partial charge on any atom is 0.291 e. The van der Waals surface area contributed by atoms with Crippen LogP contribution in [0.3, 0.4) is 0 Å². The highest BCUT2D eigenvalue weighted by Crippen LogP contribution is 2.26. The Labute approximate surface area is 171 Å². The fourth-order valence-corrected chi connectivity index (χ4v) is 2.61. The molecule has 6 nitrogen and oxygen atoms in total. The molecule has 3 aromatic rings. The van der Waals surface area contributed by atoms with Crippen LogP contribution in [0.4, 0.5) is 11.4 Å². The minimum atomic E-state index is -0.372. The lowest BCUT2D eigenvalue weighted by molar-refractivity contribution is -0.116. The number of anilines is 2. The summed E-state index contributed by atoms with van der Waals surface area (Å²) >= 11 is 11.8. The van der Waals surface area contributed by atoms with E-state index in [2.05, 4.69) is 10.6 Å². The van der Waals surface area contributed by atoms with Gasteiger partial charge in [-0.3, -0.25) is 9.59 Å². The van der Waals surface area contributed by atoms with Gasteiger partial charge in [-0.15, -0.1) is 0 Å². The third-order valence-corrected chi connectivity index (χ3v) is 4.38. The van der Waals surface area contributed by atoms with Crippen LogP contribution < -0.4 is 15.4 Å². The Morgan fingerprint density at radius 3 is 2.43 bits per heavy atom. The molecule has 0 saturated carbocycles. The Morgan fingerprint density at radius 1 is 0.929 bits per heavy atom. The summed E-state index contributed by atoms with van der Waals surface area (Å²) in [5, 5.41) is 6.28. The van der Waals surface area contributed by atoms with Crippen LogP contribution in [0, 0.1) is 0 Å². The summed E-state index contributed by atoms with van der Waals surface area (Å²) in [5.74, 6) is 0.136. The third-order valence-electron chi connectivity index (χ3n) is 3.64. The van der Waals surface area contributed by atoms with E-state index in [-0.39, 0.29) is 30.6 Å². The Morgan fingerprint density at radius 2 is 1.71 bits per heavy atom. The predicted molar refractivity (Wildman–Crippen MR) is 108 cm³/mol. The van der Waals surface area contributed by atoms with Crippen LogP contribution in [0.15, 0.2) is 65.3 Å². The molecule has 0 saturated heterocycles. The van der Waals surface area contributed by atoms with Crippen molar-refractivity contribution in [3.05, 3.63) is 76.7 Å². The number of hydrogen-bond donors (Lipinski definition) is 2. The number of carbonyl (C=O) groups is 2. The molecule has 0 aliphatic heterocycles. The minimum Gasteiger partial charge on any atom is -0.493 e. The van der Waals surface area contributed by atoms with Crippen LogP contribution in [0.25, 0.3) is 0 Å². The average molecular weight is 419 g/mol. The van der Waals surface area contributed by atoms with Gasteiger partial charge >= 0.3 is 0 Å². The molecule has 0 aliphatic rings. The van der Waals surface area contributed by atoms with Gasteiger partial charge in [0, 0.05) is 17.4 Å². The van der Waals surface area contributed by atoms with Crippen molar-refractivity contribution in [1.29, 1.82) is 0 Å². The third kappa shape index (κ3) is 5.52. The lowest BCUT2D eigenvalue weighted by atomic mass is 10.2. The summed E-state index contributed by atoms with van der Waals surface area (Å²) in [7, 11) is 0. The monoisotopic (exact) mass is 418 g/mol. The van der Waals surface area contributed by atoms with E-state index < -0.39 is 0 Å². The number of ether oxygens (including phenoxy) is 1. The van der Waals surface area contributed by atoms with Crippen LogP contribution in [0.5, 0.6) is 5.75 Å². The standard InChI is InChI=1S/C20H16Cl2N2O4/c21-16-7-6-15(12-17(16)22)27-10-8-19(25)23-13-3-1-4-14(11-13)24-20(26)18-5-2-9-28-18/h1-7,9,11-12H,8,10H2,(H,23,25)(H,24,26). The van der Waals surface area contributed by atoms with Crippen molar-refractivity contribution in [2.75, 3.05) is 17.2 Å². The van der Waals surface area contributed by atoms with Crippen LogP contribution in [0.1, 0.15) is 17.0 Å². The van der Waals surface area contributed by atoms with Crippen molar-refractivity contribution in [3.8, 4) is 5.75 Å². The number of amides is 2. The highest BCUT2D eigenvalue weighted by atomic mass is 35.5. The summed E-state index contributed by atoms with van der Waals surface area (Å²) in [5.41, 5.74) is 1.09.